The zero-order valence-corrected chi connectivity index (χ0v) is 10.1. The van der Waals surface area contributed by atoms with Crippen molar-refractivity contribution in [2.75, 3.05) is 6.79 Å². The normalized spacial score (nSPS) is 14.6. The van der Waals surface area contributed by atoms with Crippen LogP contribution in [0.4, 0.5) is 0 Å². The van der Waals surface area contributed by atoms with Crippen LogP contribution in [0, 0.1) is 0 Å². The first-order chi connectivity index (χ1) is 8.74. The maximum atomic E-state index is 9.48. The molecule has 1 aliphatic heterocycles. The van der Waals surface area contributed by atoms with Crippen LogP contribution in [-0.4, -0.2) is 11.9 Å². The maximum Gasteiger partial charge on any atom is 0.231 e. The van der Waals surface area contributed by atoms with Gasteiger partial charge in [0, 0.05) is 0 Å². The Balaban J connectivity index is 1.95. The van der Waals surface area contributed by atoms with Crippen LogP contribution in [0.5, 0.6) is 11.5 Å². The fraction of sp³-hybridized carbons (Fsp3) is 0.200. The Morgan fingerprint density at radius 3 is 2.33 bits per heavy atom. The smallest absolute Gasteiger partial charge is 0.231 e. The van der Waals surface area contributed by atoms with Gasteiger partial charge in [-0.05, 0) is 35.7 Å². The predicted molar refractivity (Wildman–Crippen MR) is 68.6 cm³/mol. The molecule has 3 nitrogen and oxygen atoms in total. The summed E-state index contributed by atoms with van der Waals surface area (Å²) in [6.45, 7) is 2.05. The van der Waals surface area contributed by atoms with E-state index in [4.69, 9.17) is 9.47 Å². The third-order valence-corrected chi connectivity index (χ3v) is 3.10. The molecular weight excluding hydrogens is 228 g/mol. The predicted octanol–water partition coefficient (Wildman–Crippen LogP) is 3.14. The molecule has 1 aliphatic rings. The van der Waals surface area contributed by atoms with Crippen LogP contribution in [0.2, 0.25) is 0 Å². The standard InChI is InChI=1S/C15H14O3/c1-10(16)11-2-4-12(5-3-11)13-6-7-14-15(8-13)18-9-17-14/h2-8,10,16H,9H2,1H3. The molecule has 2 aromatic rings. The van der Waals surface area contributed by atoms with E-state index in [0.29, 0.717) is 6.79 Å². The third-order valence-electron chi connectivity index (χ3n) is 3.10. The molecule has 1 atom stereocenters. The first-order valence-electron chi connectivity index (χ1n) is 5.92. The highest BCUT2D eigenvalue weighted by Crippen LogP contribution is 2.36. The van der Waals surface area contributed by atoms with Crippen molar-refractivity contribution in [3.05, 3.63) is 48.0 Å². The van der Waals surface area contributed by atoms with Gasteiger partial charge >= 0.3 is 0 Å². The van der Waals surface area contributed by atoms with Gasteiger partial charge in [0.15, 0.2) is 11.5 Å². The van der Waals surface area contributed by atoms with Gasteiger partial charge in [0.2, 0.25) is 6.79 Å². The lowest BCUT2D eigenvalue weighted by Crippen LogP contribution is -1.92. The number of aliphatic hydroxyl groups is 1. The molecule has 0 amide bonds. The van der Waals surface area contributed by atoms with Crippen LogP contribution in [-0.2, 0) is 0 Å². The molecule has 0 aliphatic carbocycles. The maximum absolute atomic E-state index is 9.48. The van der Waals surface area contributed by atoms with Gasteiger partial charge in [-0.2, -0.15) is 0 Å². The van der Waals surface area contributed by atoms with E-state index in [2.05, 4.69) is 0 Å². The lowest BCUT2D eigenvalue weighted by atomic mass is 10.0. The molecule has 0 spiro atoms. The summed E-state index contributed by atoms with van der Waals surface area (Å²) in [6, 6.07) is 13.8. The molecule has 92 valence electrons. The average molecular weight is 242 g/mol. The monoisotopic (exact) mass is 242 g/mol. The first kappa shape index (κ1) is 11.1. The first-order valence-corrected chi connectivity index (χ1v) is 5.92. The SMILES string of the molecule is CC(O)c1ccc(-c2ccc3c(c2)OCO3)cc1. The van der Waals surface area contributed by atoms with Crippen molar-refractivity contribution < 1.29 is 14.6 Å². The Kier molecular flexibility index (Phi) is 2.68. The van der Waals surface area contributed by atoms with Crippen LogP contribution in [0.15, 0.2) is 42.5 Å². The lowest BCUT2D eigenvalue weighted by molar-refractivity contribution is 0.174. The van der Waals surface area contributed by atoms with Crippen LogP contribution < -0.4 is 9.47 Å². The minimum Gasteiger partial charge on any atom is -0.454 e. The highest BCUT2D eigenvalue weighted by atomic mass is 16.7. The van der Waals surface area contributed by atoms with Gasteiger partial charge < -0.3 is 14.6 Å². The van der Waals surface area contributed by atoms with E-state index in [1.165, 1.54) is 0 Å². The second kappa shape index (κ2) is 4.35. The Bertz CT molecular complexity index is 558. The zero-order valence-electron chi connectivity index (χ0n) is 10.1. The molecule has 0 aromatic heterocycles. The van der Waals surface area contributed by atoms with E-state index in [1.54, 1.807) is 6.92 Å². The van der Waals surface area contributed by atoms with Crippen LogP contribution in [0.25, 0.3) is 11.1 Å². The molecule has 18 heavy (non-hydrogen) atoms. The van der Waals surface area contributed by atoms with Crippen molar-refractivity contribution >= 4 is 0 Å². The third kappa shape index (κ3) is 1.93. The van der Waals surface area contributed by atoms with Crippen LogP contribution >= 0.6 is 0 Å². The largest absolute Gasteiger partial charge is 0.454 e. The van der Waals surface area contributed by atoms with Crippen molar-refractivity contribution in [2.24, 2.45) is 0 Å². The lowest BCUT2D eigenvalue weighted by Gasteiger charge is -2.07. The van der Waals surface area contributed by atoms with Crippen molar-refractivity contribution in [3.8, 4) is 22.6 Å². The number of rotatable bonds is 2. The van der Waals surface area contributed by atoms with E-state index in [9.17, 15) is 5.11 Å². The number of fused-ring (bicyclic) bond motifs is 1. The van der Waals surface area contributed by atoms with Gasteiger partial charge in [-0.3, -0.25) is 0 Å². The molecule has 1 unspecified atom stereocenters. The molecule has 0 saturated heterocycles. The summed E-state index contributed by atoms with van der Waals surface area (Å²) in [4.78, 5) is 0. The highest BCUT2D eigenvalue weighted by molar-refractivity contribution is 5.67. The zero-order chi connectivity index (χ0) is 12.5. The fourth-order valence-corrected chi connectivity index (χ4v) is 2.03. The second-order valence-corrected chi connectivity index (χ2v) is 4.37. The van der Waals surface area contributed by atoms with E-state index < -0.39 is 6.10 Å². The molecule has 1 N–H and O–H groups in total. The minimum atomic E-state index is -0.434. The number of aliphatic hydroxyl groups excluding tert-OH is 1. The van der Waals surface area contributed by atoms with Crippen molar-refractivity contribution in [2.45, 2.75) is 13.0 Å². The van der Waals surface area contributed by atoms with E-state index in [-0.39, 0.29) is 0 Å². The second-order valence-electron chi connectivity index (χ2n) is 4.37. The fourth-order valence-electron chi connectivity index (χ4n) is 2.03. The van der Waals surface area contributed by atoms with Gasteiger partial charge in [-0.1, -0.05) is 30.3 Å². The number of hydrogen-bond acceptors (Lipinski definition) is 3. The Morgan fingerprint density at radius 2 is 1.61 bits per heavy atom. The molecule has 0 radical (unpaired) electrons. The molecular formula is C15H14O3. The van der Waals surface area contributed by atoms with Crippen LogP contribution in [0.3, 0.4) is 0 Å². The van der Waals surface area contributed by atoms with Gasteiger partial charge in [-0.15, -0.1) is 0 Å². The van der Waals surface area contributed by atoms with Gasteiger partial charge in [0.1, 0.15) is 0 Å². The van der Waals surface area contributed by atoms with Gasteiger partial charge in [0.05, 0.1) is 6.10 Å². The topological polar surface area (TPSA) is 38.7 Å². The minimum absolute atomic E-state index is 0.291. The van der Waals surface area contributed by atoms with Crippen molar-refractivity contribution in [1.82, 2.24) is 0 Å². The van der Waals surface area contributed by atoms with E-state index >= 15 is 0 Å². The number of hydrogen-bond donors (Lipinski definition) is 1. The van der Waals surface area contributed by atoms with Gasteiger partial charge in [-0.25, -0.2) is 0 Å². The quantitative estimate of drug-likeness (QED) is 0.879. The summed E-state index contributed by atoms with van der Waals surface area (Å²) in [6.07, 6.45) is -0.434. The number of benzene rings is 2. The average Bonchev–Trinajstić information content (AvgIpc) is 2.86. The summed E-state index contributed by atoms with van der Waals surface area (Å²) in [5.74, 6) is 1.58. The summed E-state index contributed by atoms with van der Waals surface area (Å²) < 4.78 is 10.6. The Morgan fingerprint density at radius 1 is 0.944 bits per heavy atom. The Labute approximate surface area is 106 Å². The summed E-state index contributed by atoms with van der Waals surface area (Å²) >= 11 is 0. The molecule has 1 heterocycles. The molecule has 3 rings (SSSR count). The van der Waals surface area contributed by atoms with E-state index in [0.717, 1.165) is 28.2 Å². The van der Waals surface area contributed by atoms with Crippen LogP contribution in [0.1, 0.15) is 18.6 Å². The Hall–Kier alpha value is -2.00. The molecule has 0 bridgehead atoms. The van der Waals surface area contributed by atoms with Gasteiger partial charge in [0.25, 0.3) is 0 Å². The number of ether oxygens (including phenoxy) is 2. The molecule has 0 saturated carbocycles. The molecule has 0 fully saturated rings. The summed E-state index contributed by atoms with van der Waals surface area (Å²) in [5, 5.41) is 9.48. The molecule has 3 heteroatoms. The summed E-state index contributed by atoms with van der Waals surface area (Å²) in [7, 11) is 0. The highest BCUT2D eigenvalue weighted by Gasteiger charge is 2.13. The molecule has 2 aromatic carbocycles. The summed E-state index contributed by atoms with van der Waals surface area (Å²) in [5.41, 5.74) is 3.09. The van der Waals surface area contributed by atoms with E-state index in [1.807, 2.05) is 42.5 Å². The van der Waals surface area contributed by atoms with Crippen molar-refractivity contribution in [1.29, 1.82) is 0 Å². The van der Waals surface area contributed by atoms with Crippen molar-refractivity contribution in [3.63, 3.8) is 0 Å².